The van der Waals surface area contributed by atoms with Gasteiger partial charge in [-0.15, -0.1) is 0 Å². The van der Waals surface area contributed by atoms with Crippen molar-refractivity contribution in [3.63, 3.8) is 0 Å². The van der Waals surface area contributed by atoms with Crippen LogP contribution < -0.4 is 5.32 Å². The van der Waals surface area contributed by atoms with Crippen LogP contribution in [0.1, 0.15) is 65.2 Å². The topological polar surface area (TPSA) is 12.0 Å². The zero-order valence-corrected chi connectivity index (χ0v) is 12.4. The number of nitrogens with one attached hydrogen (secondary N) is 1. The summed E-state index contributed by atoms with van der Waals surface area (Å²) in [5.74, 6) is 1.34. The minimum Gasteiger partial charge on any atom is -0.314 e. The lowest BCUT2D eigenvalue weighted by molar-refractivity contribution is 0.435. The molecule has 0 aliphatic carbocycles. The Morgan fingerprint density at radius 1 is 0.938 bits per heavy atom. The van der Waals surface area contributed by atoms with Crippen LogP contribution in [0.15, 0.2) is 0 Å². The van der Waals surface area contributed by atoms with Gasteiger partial charge in [0.25, 0.3) is 0 Å². The van der Waals surface area contributed by atoms with Crippen molar-refractivity contribution < 1.29 is 0 Å². The Hall–Kier alpha value is 0.310. The van der Waals surface area contributed by atoms with Gasteiger partial charge in [-0.05, 0) is 44.2 Å². The lowest BCUT2D eigenvalue weighted by Gasteiger charge is -2.17. The first-order valence-electron chi connectivity index (χ1n) is 7.07. The number of hydrogen-bond donors (Lipinski definition) is 1. The van der Waals surface area contributed by atoms with E-state index < -0.39 is 0 Å². The fraction of sp³-hybridized carbons (Fsp3) is 1.00. The third-order valence-electron chi connectivity index (χ3n) is 2.98. The first-order chi connectivity index (χ1) is 7.85. The zero-order chi connectivity index (χ0) is 12.1. The molecule has 0 saturated carbocycles. The van der Waals surface area contributed by atoms with E-state index in [9.17, 15) is 0 Å². The van der Waals surface area contributed by atoms with Gasteiger partial charge in [0, 0.05) is 6.04 Å². The lowest BCUT2D eigenvalue weighted by atomic mass is 10.1. The van der Waals surface area contributed by atoms with Crippen molar-refractivity contribution in [2.75, 3.05) is 18.6 Å². The van der Waals surface area contributed by atoms with E-state index in [1.54, 1.807) is 0 Å². The fourth-order valence-electron chi connectivity index (χ4n) is 2.08. The maximum absolute atomic E-state index is 3.71. The highest BCUT2D eigenvalue weighted by molar-refractivity contribution is 7.98. The Bertz CT molecular complexity index is 122. The van der Waals surface area contributed by atoms with Crippen molar-refractivity contribution >= 4 is 11.8 Å². The van der Waals surface area contributed by atoms with Crippen LogP contribution in [0, 0.1) is 0 Å². The summed E-state index contributed by atoms with van der Waals surface area (Å²) in [5, 5.41) is 3.71. The number of hydrogen-bond acceptors (Lipinski definition) is 2. The van der Waals surface area contributed by atoms with Crippen LogP contribution >= 0.6 is 11.8 Å². The summed E-state index contributed by atoms with van der Waals surface area (Å²) in [7, 11) is 0. The van der Waals surface area contributed by atoms with Crippen LogP contribution in [0.3, 0.4) is 0 Å². The van der Waals surface area contributed by atoms with E-state index in [4.69, 9.17) is 0 Å². The van der Waals surface area contributed by atoms with Crippen LogP contribution in [0.2, 0.25) is 0 Å². The SMILES string of the molecule is CCCC(CCC)NCCCCCCSC. The molecule has 1 N–H and O–H groups in total. The zero-order valence-electron chi connectivity index (χ0n) is 11.6. The van der Waals surface area contributed by atoms with E-state index in [1.807, 2.05) is 11.8 Å². The van der Waals surface area contributed by atoms with Gasteiger partial charge in [0.1, 0.15) is 0 Å². The van der Waals surface area contributed by atoms with Gasteiger partial charge >= 0.3 is 0 Å². The molecule has 2 heteroatoms. The molecule has 0 unspecified atom stereocenters. The molecule has 0 bridgehead atoms. The van der Waals surface area contributed by atoms with Gasteiger partial charge in [-0.2, -0.15) is 11.8 Å². The molecule has 0 spiro atoms. The summed E-state index contributed by atoms with van der Waals surface area (Å²) in [6, 6.07) is 0.779. The highest BCUT2D eigenvalue weighted by atomic mass is 32.2. The van der Waals surface area contributed by atoms with Gasteiger partial charge in [0.05, 0.1) is 0 Å². The fourth-order valence-corrected chi connectivity index (χ4v) is 2.57. The maximum Gasteiger partial charge on any atom is 0.00668 e. The number of thioether (sulfide) groups is 1. The van der Waals surface area contributed by atoms with E-state index in [0.29, 0.717) is 0 Å². The standard InChI is InChI=1S/C14H31NS/c1-4-10-14(11-5-2)15-12-8-6-7-9-13-16-3/h14-15H,4-13H2,1-3H3. The Balaban J connectivity index is 3.25. The van der Waals surface area contributed by atoms with Crippen LogP contribution in [0.5, 0.6) is 0 Å². The monoisotopic (exact) mass is 245 g/mol. The second-order valence-corrected chi connectivity index (χ2v) is 5.62. The molecular formula is C14H31NS. The van der Waals surface area contributed by atoms with Crippen LogP contribution in [0.25, 0.3) is 0 Å². The predicted molar refractivity (Wildman–Crippen MR) is 78.5 cm³/mol. The molecule has 98 valence electrons. The minimum atomic E-state index is 0.779. The third kappa shape index (κ3) is 10.8. The molecule has 0 heterocycles. The Morgan fingerprint density at radius 2 is 1.56 bits per heavy atom. The van der Waals surface area contributed by atoms with E-state index in [0.717, 1.165) is 6.04 Å². The van der Waals surface area contributed by atoms with Gasteiger partial charge in [0.15, 0.2) is 0 Å². The first kappa shape index (κ1) is 16.3. The highest BCUT2D eigenvalue weighted by Crippen LogP contribution is 2.06. The van der Waals surface area contributed by atoms with Crippen molar-refractivity contribution in [3.8, 4) is 0 Å². The summed E-state index contributed by atoms with van der Waals surface area (Å²) < 4.78 is 0. The van der Waals surface area contributed by atoms with Gasteiger partial charge in [-0.25, -0.2) is 0 Å². The van der Waals surface area contributed by atoms with Gasteiger partial charge in [0.2, 0.25) is 0 Å². The van der Waals surface area contributed by atoms with Gasteiger partial charge in [-0.1, -0.05) is 39.5 Å². The van der Waals surface area contributed by atoms with Gasteiger partial charge < -0.3 is 5.32 Å². The van der Waals surface area contributed by atoms with Crippen molar-refractivity contribution in [1.29, 1.82) is 0 Å². The Morgan fingerprint density at radius 3 is 2.12 bits per heavy atom. The molecule has 0 aliphatic heterocycles. The van der Waals surface area contributed by atoms with Crippen molar-refractivity contribution in [2.45, 2.75) is 71.3 Å². The first-order valence-corrected chi connectivity index (χ1v) is 8.46. The molecule has 0 aromatic carbocycles. The smallest absolute Gasteiger partial charge is 0.00668 e. The van der Waals surface area contributed by atoms with Crippen molar-refractivity contribution in [2.24, 2.45) is 0 Å². The summed E-state index contributed by atoms with van der Waals surface area (Å²) in [6.07, 6.45) is 13.1. The normalized spacial score (nSPS) is 11.2. The van der Waals surface area contributed by atoms with Crippen LogP contribution in [0.4, 0.5) is 0 Å². The maximum atomic E-state index is 3.71. The van der Waals surface area contributed by atoms with Crippen LogP contribution in [-0.4, -0.2) is 24.6 Å². The summed E-state index contributed by atoms with van der Waals surface area (Å²) in [5.41, 5.74) is 0. The average molecular weight is 245 g/mol. The minimum absolute atomic E-state index is 0.779. The molecule has 0 aromatic heterocycles. The quantitative estimate of drug-likeness (QED) is 0.509. The molecule has 0 radical (unpaired) electrons. The molecule has 0 aromatic rings. The number of rotatable bonds is 12. The molecule has 0 rings (SSSR count). The largest absolute Gasteiger partial charge is 0.314 e. The number of unbranched alkanes of at least 4 members (excludes halogenated alkanes) is 3. The Labute approximate surface area is 107 Å². The summed E-state index contributed by atoms with van der Waals surface area (Å²) >= 11 is 1.97. The Kier molecular flexibility index (Phi) is 13.6. The second-order valence-electron chi connectivity index (χ2n) is 4.64. The molecule has 16 heavy (non-hydrogen) atoms. The lowest BCUT2D eigenvalue weighted by Crippen LogP contribution is -2.29. The molecule has 0 saturated heterocycles. The third-order valence-corrected chi connectivity index (χ3v) is 3.68. The van der Waals surface area contributed by atoms with E-state index in [2.05, 4.69) is 25.4 Å². The van der Waals surface area contributed by atoms with Crippen LogP contribution in [-0.2, 0) is 0 Å². The van der Waals surface area contributed by atoms with Crippen molar-refractivity contribution in [1.82, 2.24) is 5.32 Å². The molecule has 0 aliphatic rings. The molecule has 0 atom stereocenters. The molecule has 0 amide bonds. The van der Waals surface area contributed by atoms with E-state index in [1.165, 1.54) is 63.7 Å². The van der Waals surface area contributed by atoms with E-state index >= 15 is 0 Å². The molecule has 0 fully saturated rings. The second kappa shape index (κ2) is 13.4. The van der Waals surface area contributed by atoms with Gasteiger partial charge in [-0.3, -0.25) is 0 Å². The summed E-state index contributed by atoms with van der Waals surface area (Å²) in [6.45, 7) is 5.80. The predicted octanol–water partition coefficient (Wildman–Crippen LogP) is 4.47. The average Bonchev–Trinajstić information content (AvgIpc) is 2.28. The van der Waals surface area contributed by atoms with E-state index in [-0.39, 0.29) is 0 Å². The molecular weight excluding hydrogens is 214 g/mol. The molecule has 1 nitrogen and oxygen atoms in total. The van der Waals surface area contributed by atoms with Crippen molar-refractivity contribution in [3.05, 3.63) is 0 Å². The highest BCUT2D eigenvalue weighted by Gasteiger charge is 2.04. The summed E-state index contributed by atoms with van der Waals surface area (Å²) in [4.78, 5) is 0.